The molecule has 1 aromatic rings. The van der Waals surface area contributed by atoms with E-state index in [1.54, 1.807) is 18.2 Å². The van der Waals surface area contributed by atoms with Crippen LogP contribution in [0.25, 0.3) is 5.57 Å². The van der Waals surface area contributed by atoms with Crippen LogP contribution < -0.4 is 4.74 Å². The number of carbonyl (C=O) groups is 1. The minimum Gasteiger partial charge on any atom is -0.465 e. The summed E-state index contributed by atoms with van der Waals surface area (Å²) in [6.07, 6.45) is -1.73. The maximum Gasteiger partial charge on any atom is 0.202 e. The molecule has 0 amide bonds. The van der Waals surface area contributed by atoms with Gasteiger partial charge in [0.15, 0.2) is 5.78 Å². The lowest BCUT2D eigenvalue weighted by molar-refractivity contribution is -0.229. The lowest BCUT2D eigenvalue weighted by atomic mass is 9.91. The van der Waals surface area contributed by atoms with Crippen LogP contribution in [-0.4, -0.2) is 52.3 Å². The monoisotopic (exact) mass is 320 g/mol. The molecule has 2 aliphatic rings. The molecule has 1 heterocycles. The Morgan fingerprint density at radius 3 is 2.87 bits per heavy atom. The highest BCUT2D eigenvalue weighted by Crippen LogP contribution is 2.30. The Balaban J connectivity index is 1.75. The van der Waals surface area contributed by atoms with Crippen LogP contribution in [0.1, 0.15) is 24.5 Å². The van der Waals surface area contributed by atoms with Crippen molar-refractivity contribution in [3.63, 3.8) is 0 Å². The molecule has 1 saturated heterocycles. The van der Waals surface area contributed by atoms with Crippen molar-refractivity contribution < 1.29 is 29.6 Å². The molecule has 1 aliphatic heterocycles. The number of aliphatic hydroxyl groups is 3. The number of ether oxygens (including phenoxy) is 2. The van der Waals surface area contributed by atoms with Gasteiger partial charge in [0.2, 0.25) is 6.29 Å². The van der Waals surface area contributed by atoms with Crippen molar-refractivity contribution >= 4 is 11.4 Å². The second-order valence-electron chi connectivity index (χ2n) is 5.99. The Labute approximate surface area is 134 Å². The van der Waals surface area contributed by atoms with E-state index in [1.165, 1.54) is 0 Å². The highest BCUT2D eigenvalue weighted by Gasteiger charge is 2.37. The quantitative estimate of drug-likeness (QED) is 0.747. The van der Waals surface area contributed by atoms with Crippen molar-refractivity contribution in [2.75, 3.05) is 6.61 Å². The third kappa shape index (κ3) is 3.30. The van der Waals surface area contributed by atoms with E-state index in [4.69, 9.17) is 9.47 Å². The summed E-state index contributed by atoms with van der Waals surface area (Å²) in [5, 5.41) is 28.7. The maximum absolute atomic E-state index is 11.7. The summed E-state index contributed by atoms with van der Waals surface area (Å²) in [7, 11) is 0. The van der Waals surface area contributed by atoms with Gasteiger partial charge in [0.05, 0.1) is 12.7 Å². The minimum atomic E-state index is -1.13. The van der Waals surface area contributed by atoms with E-state index in [0.29, 0.717) is 12.2 Å². The number of hydrogen-bond acceptors (Lipinski definition) is 6. The molecule has 6 heteroatoms. The van der Waals surface area contributed by atoms with Gasteiger partial charge < -0.3 is 24.8 Å². The van der Waals surface area contributed by atoms with Crippen molar-refractivity contribution in [2.24, 2.45) is 0 Å². The SMILES string of the molecule is CC1=CC(=O)Cc2cc(OC3C[C@@H](O)C(O)C(CO)O3)ccc21. The van der Waals surface area contributed by atoms with E-state index in [-0.39, 0.29) is 12.2 Å². The first-order valence-electron chi connectivity index (χ1n) is 7.61. The van der Waals surface area contributed by atoms with E-state index in [0.717, 1.165) is 16.7 Å². The third-order valence-corrected chi connectivity index (χ3v) is 4.23. The summed E-state index contributed by atoms with van der Waals surface area (Å²) in [6.45, 7) is 1.49. The van der Waals surface area contributed by atoms with Crippen molar-refractivity contribution in [1.82, 2.24) is 0 Å². The van der Waals surface area contributed by atoms with E-state index < -0.39 is 31.2 Å². The average molecular weight is 320 g/mol. The van der Waals surface area contributed by atoms with E-state index in [9.17, 15) is 20.1 Å². The standard InChI is InChI=1S/C17H20O6/c1-9-4-11(19)5-10-6-12(2-3-13(9)10)22-16-7-14(20)17(21)15(8-18)23-16/h2-4,6,14-18,20-21H,5,7-8H2,1H3/t14-,15?,16?,17?/m1/s1. The van der Waals surface area contributed by atoms with Crippen molar-refractivity contribution in [1.29, 1.82) is 0 Å². The Morgan fingerprint density at radius 1 is 1.35 bits per heavy atom. The van der Waals surface area contributed by atoms with Gasteiger partial charge in [-0.05, 0) is 41.8 Å². The van der Waals surface area contributed by atoms with Gasteiger partial charge in [-0.25, -0.2) is 0 Å². The Bertz CT molecular complexity index is 638. The van der Waals surface area contributed by atoms with Gasteiger partial charge >= 0.3 is 0 Å². The first kappa shape index (κ1) is 16.1. The van der Waals surface area contributed by atoms with Crippen LogP contribution in [-0.2, 0) is 16.0 Å². The van der Waals surface area contributed by atoms with Gasteiger partial charge in [0, 0.05) is 12.8 Å². The number of rotatable bonds is 3. The minimum absolute atomic E-state index is 0.0555. The molecule has 1 aliphatic carbocycles. The predicted molar refractivity (Wildman–Crippen MR) is 81.8 cm³/mol. The predicted octanol–water partition coefficient (Wildman–Crippen LogP) is 0.423. The van der Waals surface area contributed by atoms with Gasteiger partial charge in [-0.3, -0.25) is 4.79 Å². The number of benzene rings is 1. The zero-order valence-electron chi connectivity index (χ0n) is 12.8. The molecular weight excluding hydrogens is 300 g/mol. The van der Waals surface area contributed by atoms with Crippen LogP contribution in [0.15, 0.2) is 24.3 Å². The summed E-state index contributed by atoms with van der Waals surface area (Å²) in [6, 6.07) is 5.46. The molecule has 0 spiro atoms. The highest BCUT2D eigenvalue weighted by atomic mass is 16.7. The normalized spacial score (nSPS) is 30.6. The number of ketones is 1. The Morgan fingerprint density at radius 2 is 2.13 bits per heavy atom. The van der Waals surface area contributed by atoms with Crippen molar-refractivity contribution in [3.05, 3.63) is 35.4 Å². The first-order valence-corrected chi connectivity index (χ1v) is 7.61. The molecule has 0 bridgehead atoms. The fraction of sp³-hybridized carbons (Fsp3) is 0.471. The fourth-order valence-corrected chi connectivity index (χ4v) is 3.03. The van der Waals surface area contributed by atoms with Crippen molar-refractivity contribution in [3.8, 4) is 5.75 Å². The molecule has 3 unspecified atom stereocenters. The number of fused-ring (bicyclic) bond motifs is 1. The number of hydrogen-bond donors (Lipinski definition) is 3. The largest absolute Gasteiger partial charge is 0.465 e. The molecule has 23 heavy (non-hydrogen) atoms. The molecule has 0 aromatic heterocycles. The lowest BCUT2D eigenvalue weighted by Gasteiger charge is -2.36. The van der Waals surface area contributed by atoms with Gasteiger partial charge in [-0.15, -0.1) is 0 Å². The molecule has 0 radical (unpaired) electrons. The third-order valence-electron chi connectivity index (χ3n) is 4.23. The van der Waals surface area contributed by atoms with Gasteiger partial charge in [-0.1, -0.05) is 6.07 Å². The molecule has 1 fully saturated rings. The fourth-order valence-electron chi connectivity index (χ4n) is 3.03. The van der Waals surface area contributed by atoms with Crippen LogP contribution in [0, 0.1) is 0 Å². The molecule has 124 valence electrons. The van der Waals surface area contributed by atoms with Crippen LogP contribution in [0.3, 0.4) is 0 Å². The zero-order chi connectivity index (χ0) is 16.6. The molecule has 1 aromatic carbocycles. The summed E-state index contributed by atoms with van der Waals surface area (Å²) >= 11 is 0. The Hall–Kier alpha value is -1.73. The molecule has 3 N–H and O–H groups in total. The summed E-state index contributed by atoms with van der Waals surface area (Å²) < 4.78 is 11.2. The van der Waals surface area contributed by atoms with Gasteiger partial charge in [0.25, 0.3) is 0 Å². The van der Waals surface area contributed by atoms with E-state index >= 15 is 0 Å². The first-order chi connectivity index (χ1) is 11.0. The highest BCUT2D eigenvalue weighted by molar-refractivity contribution is 6.01. The zero-order valence-corrected chi connectivity index (χ0v) is 12.8. The topological polar surface area (TPSA) is 96.2 Å². The molecule has 0 saturated carbocycles. The van der Waals surface area contributed by atoms with E-state index in [2.05, 4.69) is 0 Å². The van der Waals surface area contributed by atoms with Gasteiger partial charge in [0.1, 0.15) is 18.0 Å². The molecule has 4 atom stereocenters. The lowest BCUT2D eigenvalue weighted by Crippen LogP contribution is -2.51. The van der Waals surface area contributed by atoms with Crippen LogP contribution in [0.2, 0.25) is 0 Å². The average Bonchev–Trinajstić information content (AvgIpc) is 2.50. The summed E-state index contributed by atoms with van der Waals surface area (Å²) in [5.41, 5.74) is 2.84. The second kappa shape index (κ2) is 6.41. The summed E-state index contributed by atoms with van der Waals surface area (Å²) in [5.74, 6) is 0.580. The van der Waals surface area contributed by atoms with Crippen molar-refractivity contribution in [2.45, 2.75) is 44.4 Å². The van der Waals surface area contributed by atoms with Crippen LogP contribution >= 0.6 is 0 Å². The number of allylic oxidation sites excluding steroid dienone is 2. The molecular formula is C17H20O6. The Kier molecular flexibility index (Phi) is 4.50. The molecule has 6 nitrogen and oxygen atoms in total. The second-order valence-corrected chi connectivity index (χ2v) is 5.99. The van der Waals surface area contributed by atoms with Crippen LogP contribution in [0.4, 0.5) is 0 Å². The van der Waals surface area contributed by atoms with Crippen LogP contribution in [0.5, 0.6) is 5.75 Å². The van der Waals surface area contributed by atoms with Gasteiger partial charge in [-0.2, -0.15) is 0 Å². The number of aliphatic hydroxyl groups excluding tert-OH is 3. The smallest absolute Gasteiger partial charge is 0.202 e. The molecule has 3 rings (SSSR count). The number of carbonyl (C=O) groups excluding carboxylic acids is 1. The van der Waals surface area contributed by atoms with E-state index in [1.807, 2.05) is 13.0 Å². The summed E-state index contributed by atoms with van der Waals surface area (Å²) in [4.78, 5) is 11.7. The maximum atomic E-state index is 11.7.